The molecule has 0 aliphatic rings. The molecule has 2 aromatic rings. The van der Waals surface area contributed by atoms with Crippen LogP contribution in [0.1, 0.15) is 0 Å². The molecule has 0 bridgehead atoms. The van der Waals surface area contributed by atoms with Crippen molar-refractivity contribution >= 4 is 39.4 Å². The van der Waals surface area contributed by atoms with E-state index in [-0.39, 0.29) is 0 Å². The summed E-state index contributed by atoms with van der Waals surface area (Å²) in [6.45, 7) is 0. The summed E-state index contributed by atoms with van der Waals surface area (Å²) in [5.74, 6) is 0.465. The number of rotatable bonds is 3. The first-order valence-electron chi connectivity index (χ1n) is 4.60. The Morgan fingerprint density at radius 3 is 3.12 bits per heavy atom. The van der Waals surface area contributed by atoms with Gasteiger partial charge in [0.2, 0.25) is 0 Å². The Morgan fingerprint density at radius 2 is 2.38 bits per heavy atom. The molecular formula is C10H10N2O2S2. The predicted molar refractivity (Wildman–Crippen MR) is 65.9 cm³/mol. The predicted octanol–water partition coefficient (Wildman–Crippen LogP) is 2.70. The van der Waals surface area contributed by atoms with Crippen molar-refractivity contribution in [2.24, 2.45) is 0 Å². The van der Waals surface area contributed by atoms with Crippen molar-refractivity contribution in [2.75, 3.05) is 13.0 Å². The highest BCUT2D eigenvalue weighted by molar-refractivity contribution is 8.01. The normalized spacial score (nSPS) is 10.3. The lowest BCUT2D eigenvalue weighted by atomic mass is 10.3. The lowest BCUT2D eigenvalue weighted by Crippen LogP contribution is -2.22. The van der Waals surface area contributed by atoms with Gasteiger partial charge in [-0.3, -0.25) is 0 Å². The molecular weight excluding hydrogens is 244 g/mol. The molecule has 1 amide bonds. The number of hydrogen-bond acceptors (Lipinski definition) is 5. The van der Waals surface area contributed by atoms with E-state index in [0.29, 0.717) is 5.88 Å². The highest BCUT2D eigenvalue weighted by Crippen LogP contribution is 2.28. The first-order chi connectivity index (χ1) is 7.79. The Morgan fingerprint density at radius 1 is 1.56 bits per heavy atom. The number of carbonyl (C=O) groups is 1. The van der Waals surface area contributed by atoms with Gasteiger partial charge in [-0.25, -0.2) is 9.78 Å². The first-order valence-corrected chi connectivity index (χ1v) is 6.40. The fourth-order valence-corrected chi connectivity index (χ4v) is 3.00. The van der Waals surface area contributed by atoms with Gasteiger partial charge in [0.15, 0.2) is 4.34 Å². The number of alkyl carbamates (subject to hydrolysis) is 1. The molecule has 4 nitrogen and oxygen atoms in total. The molecule has 0 spiro atoms. The summed E-state index contributed by atoms with van der Waals surface area (Å²) in [5.41, 5.74) is 0.994. The Labute approximate surface area is 101 Å². The molecule has 0 atom stereocenters. The molecule has 1 N–H and O–H groups in total. The summed E-state index contributed by atoms with van der Waals surface area (Å²) in [7, 11) is 1.34. The minimum absolute atomic E-state index is 0.423. The fraction of sp³-hybridized carbons (Fsp3) is 0.200. The number of amides is 1. The Hall–Kier alpha value is -1.27. The van der Waals surface area contributed by atoms with Crippen molar-refractivity contribution in [3.63, 3.8) is 0 Å². The van der Waals surface area contributed by atoms with Gasteiger partial charge in [-0.1, -0.05) is 23.9 Å². The smallest absolute Gasteiger partial charge is 0.407 e. The van der Waals surface area contributed by atoms with Crippen molar-refractivity contribution in [3.8, 4) is 0 Å². The third-order valence-electron chi connectivity index (χ3n) is 1.87. The van der Waals surface area contributed by atoms with Gasteiger partial charge in [0.05, 0.1) is 23.2 Å². The summed E-state index contributed by atoms with van der Waals surface area (Å²) >= 11 is 3.10. The van der Waals surface area contributed by atoms with E-state index in [1.54, 1.807) is 11.3 Å². The Balaban J connectivity index is 1.97. The highest BCUT2D eigenvalue weighted by Gasteiger charge is 2.04. The summed E-state index contributed by atoms with van der Waals surface area (Å²) in [4.78, 5) is 15.2. The number of hydrogen-bond donors (Lipinski definition) is 1. The van der Waals surface area contributed by atoms with Gasteiger partial charge in [0.1, 0.15) is 0 Å². The second kappa shape index (κ2) is 5.18. The molecule has 1 aromatic carbocycles. The minimum Gasteiger partial charge on any atom is -0.453 e. The molecule has 2 rings (SSSR count). The Kier molecular flexibility index (Phi) is 3.63. The largest absolute Gasteiger partial charge is 0.453 e. The lowest BCUT2D eigenvalue weighted by Gasteiger charge is -1.99. The summed E-state index contributed by atoms with van der Waals surface area (Å²) in [6, 6.07) is 7.96. The average Bonchev–Trinajstić information content (AvgIpc) is 2.71. The van der Waals surface area contributed by atoms with Crippen LogP contribution < -0.4 is 5.32 Å². The fourth-order valence-electron chi connectivity index (χ4n) is 1.14. The van der Waals surface area contributed by atoms with Crippen molar-refractivity contribution in [3.05, 3.63) is 24.3 Å². The van der Waals surface area contributed by atoms with E-state index < -0.39 is 6.09 Å². The zero-order chi connectivity index (χ0) is 11.4. The standard InChI is InChI=1S/C10H10N2O2S2/c1-14-9(13)11-6-15-10-12-7-4-2-3-5-8(7)16-10/h2-5H,6H2,1H3,(H,11,13). The number of ether oxygens (including phenoxy) is 1. The number of fused-ring (bicyclic) bond motifs is 1. The summed E-state index contributed by atoms with van der Waals surface area (Å²) in [5, 5.41) is 2.59. The van der Waals surface area contributed by atoms with E-state index in [9.17, 15) is 4.79 Å². The molecule has 0 aliphatic carbocycles. The number of methoxy groups -OCH3 is 1. The second-order valence-electron chi connectivity index (χ2n) is 2.90. The van der Waals surface area contributed by atoms with Gasteiger partial charge in [-0.15, -0.1) is 11.3 Å². The van der Waals surface area contributed by atoms with E-state index in [1.165, 1.54) is 18.9 Å². The lowest BCUT2D eigenvalue weighted by molar-refractivity contribution is 0.173. The van der Waals surface area contributed by atoms with Gasteiger partial charge in [0.25, 0.3) is 0 Å². The number of carbonyl (C=O) groups excluding carboxylic acids is 1. The number of thiazole rings is 1. The van der Waals surface area contributed by atoms with E-state index in [4.69, 9.17) is 0 Å². The van der Waals surface area contributed by atoms with Crippen LogP contribution >= 0.6 is 23.1 Å². The quantitative estimate of drug-likeness (QED) is 0.676. The van der Waals surface area contributed by atoms with Crippen molar-refractivity contribution < 1.29 is 9.53 Å². The van der Waals surface area contributed by atoms with E-state index >= 15 is 0 Å². The van der Waals surface area contributed by atoms with E-state index in [0.717, 1.165) is 14.6 Å². The molecule has 0 aliphatic heterocycles. The second-order valence-corrected chi connectivity index (χ2v) is 5.16. The van der Waals surface area contributed by atoms with Gasteiger partial charge in [-0.05, 0) is 12.1 Å². The molecule has 0 saturated heterocycles. The van der Waals surface area contributed by atoms with Crippen molar-refractivity contribution in [1.82, 2.24) is 10.3 Å². The highest BCUT2D eigenvalue weighted by atomic mass is 32.2. The molecule has 16 heavy (non-hydrogen) atoms. The average molecular weight is 254 g/mol. The number of thioether (sulfide) groups is 1. The molecule has 0 fully saturated rings. The Bertz CT molecular complexity index is 465. The minimum atomic E-state index is -0.423. The first kappa shape index (κ1) is 11.2. The maximum Gasteiger partial charge on any atom is 0.407 e. The summed E-state index contributed by atoms with van der Waals surface area (Å²) in [6.07, 6.45) is -0.423. The SMILES string of the molecule is COC(=O)NCSc1nc2ccccc2s1. The zero-order valence-electron chi connectivity index (χ0n) is 8.60. The number of benzene rings is 1. The van der Waals surface area contributed by atoms with Gasteiger partial charge < -0.3 is 10.1 Å². The van der Waals surface area contributed by atoms with Crippen LogP contribution in [0.25, 0.3) is 10.2 Å². The number of nitrogens with zero attached hydrogens (tertiary/aromatic N) is 1. The van der Waals surface area contributed by atoms with Gasteiger partial charge >= 0.3 is 6.09 Å². The van der Waals surface area contributed by atoms with Crippen LogP contribution in [-0.4, -0.2) is 24.1 Å². The maximum atomic E-state index is 10.8. The molecule has 1 aromatic heterocycles. The number of nitrogens with one attached hydrogen (secondary N) is 1. The van der Waals surface area contributed by atoms with E-state index in [2.05, 4.69) is 15.0 Å². The number of para-hydroxylation sites is 1. The zero-order valence-corrected chi connectivity index (χ0v) is 10.2. The van der Waals surface area contributed by atoms with Crippen LogP contribution in [0.4, 0.5) is 4.79 Å². The van der Waals surface area contributed by atoms with Crippen LogP contribution in [0, 0.1) is 0 Å². The third-order valence-corrected chi connectivity index (χ3v) is 3.93. The van der Waals surface area contributed by atoms with Crippen molar-refractivity contribution in [2.45, 2.75) is 4.34 Å². The van der Waals surface area contributed by atoms with Crippen LogP contribution in [0.15, 0.2) is 28.6 Å². The van der Waals surface area contributed by atoms with Crippen LogP contribution in [-0.2, 0) is 4.74 Å². The molecule has 1 heterocycles. The van der Waals surface area contributed by atoms with Crippen LogP contribution in [0.5, 0.6) is 0 Å². The topological polar surface area (TPSA) is 51.2 Å². The van der Waals surface area contributed by atoms with E-state index in [1.807, 2.05) is 24.3 Å². The maximum absolute atomic E-state index is 10.8. The van der Waals surface area contributed by atoms with Crippen LogP contribution in [0.3, 0.4) is 0 Å². The molecule has 84 valence electrons. The molecule has 0 radical (unpaired) electrons. The van der Waals surface area contributed by atoms with Crippen LogP contribution in [0.2, 0.25) is 0 Å². The van der Waals surface area contributed by atoms with Gasteiger partial charge in [-0.2, -0.15) is 0 Å². The van der Waals surface area contributed by atoms with Gasteiger partial charge in [0, 0.05) is 0 Å². The van der Waals surface area contributed by atoms with Crippen molar-refractivity contribution in [1.29, 1.82) is 0 Å². The third kappa shape index (κ3) is 2.65. The molecule has 6 heteroatoms. The molecule has 0 unspecified atom stereocenters. The monoisotopic (exact) mass is 254 g/mol. The summed E-state index contributed by atoms with van der Waals surface area (Å²) < 4.78 is 6.56. The number of aromatic nitrogens is 1. The molecule has 0 saturated carbocycles.